The first-order valence-electron chi connectivity index (χ1n) is 8.28. The molecule has 24 heavy (non-hydrogen) atoms. The molecular weight excluding hydrogens is 306 g/mol. The van der Waals surface area contributed by atoms with Crippen molar-refractivity contribution in [2.24, 2.45) is 4.99 Å². The quantitative estimate of drug-likeness (QED) is 0.649. The van der Waals surface area contributed by atoms with Crippen molar-refractivity contribution in [1.29, 1.82) is 0 Å². The van der Waals surface area contributed by atoms with E-state index in [1.165, 1.54) is 0 Å². The molecular formula is C16H25N7O. The number of aromatic nitrogens is 4. The maximum absolute atomic E-state index is 5.77. The molecule has 3 heterocycles. The van der Waals surface area contributed by atoms with Crippen LogP contribution in [0.15, 0.2) is 15.6 Å². The summed E-state index contributed by atoms with van der Waals surface area (Å²) in [5, 5.41) is 14.9. The first kappa shape index (κ1) is 16.5. The zero-order valence-electron chi connectivity index (χ0n) is 14.8. The van der Waals surface area contributed by atoms with E-state index in [9.17, 15) is 0 Å². The predicted octanol–water partition coefficient (Wildman–Crippen LogP) is 1.37. The molecule has 0 unspecified atom stereocenters. The number of oxazole rings is 1. The normalized spacial score (nSPS) is 14.8. The molecule has 0 bridgehead atoms. The molecule has 2 aromatic rings. The lowest BCUT2D eigenvalue weighted by Crippen LogP contribution is -2.37. The first-order valence-corrected chi connectivity index (χ1v) is 8.28. The Labute approximate surface area is 141 Å². The van der Waals surface area contributed by atoms with Gasteiger partial charge < -0.3 is 19.6 Å². The summed E-state index contributed by atoms with van der Waals surface area (Å²) in [6.45, 7) is 8.36. The summed E-state index contributed by atoms with van der Waals surface area (Å²) in [5.74, 6) is 4.22. The van der Waals surface area contributed by atoms with Gasteiger partial charge in [-0.15, -0.1) is 10.2 Å². The lowest BCUT2D eigenvalue weighted by Gasteiger charge is -2.13. The smallest absolute Gasteiger partial charge is 0.213 e. The third-order valence-electron chi connectivity index (χ3n) is 4.02. The van der Waals surface area contributed by atoms with E-state index in [0.717, 1.165) is 36.8 Å². The Morgan fingerprint density at radius 3 is 2.79 bits per heavy atom. The number of guanidine groups is 1. The van der Waals surface area contributed by atoms with E-state index >= 15 is 0 Å². The molecule has 8 heteroatoms. The summed E-state index contributed by atoms with van der Waals surface area (Å²) in [6, 6.07) is 0. The van der Waals surface area contributed by atoms with E-state index in [2.05, 4.69) is 56.1 Å². The Bertz CT molecular complexity index is 723. The third-order valence-corrected chi connectivity index (χ3v) is 4.02. The molecule has 0 saturated carbocycles. The fourth-order valence-electron chi connectivity index (χ4n) is 2.62. The predicted molar refractivity (Wildman–Crippen MR) is 90.6 cm³/mol. The number of aryl methyl sites for hydroxylation is 1. The van der Waals surface area contributed by atoms with Gasteiger partial charge in [0.1, 0.15) is 11.6 Å². The zero-order valence-corrected chi connectivity index (χ0v) is 14.8. The summed E-state index contributed by atoms with van der Waals surface area (Å²) in [7, 11) is 1.74. The van der Waals surface area contributed by atoms with Crippen molar-refractivity contribution >= 4 is 5.96 Å². The Hall–Kier alpha value is -2.38. The SMILES string of the molecule is CN=C(NCc1ncc(C(C)(C)C)o1)NCc1nnc2n1CCC2. The summed E-state index contributed by atoms with van der Waals surface area (Å²) >= 11 is 0. The molecule has 1 aliphatic rings. The third kappa shape index (κ3) is 3.58. The largest absolute Gasteiger partial charge is 0.443 e. The van der Waals surface area contributed by atoms with E-state index in [0.29, 0.717) is 24.9 Å². The molecule has 0 radical (unpaired) electrons. The zero-order chi connectivity index (χ0) is 17.2. The van der Waals surface area contributed by atoms with Gasteiger partial charge in [-0.05, 0) is 6.42 Å². The van der Waals surface area contributed by atoms with Gasteiger partial charge in [-0.25, -0.2) is 4.98 Å². The van der Waals surface area contributed by atoms with Gasteiger partial charge >= 0.3 is 0 Å². The van der Waals surface area contributed by atoms with Crippen LogP contribution in [0.3, 0.4) is 0 Å². The minimum atomic E-state index is -0.0424. The van der Waals surface area contributed by atoms with Crippen LogP contribution in [0.25, 0.3) is 0 Å². The first-order chi connectivity index (χ1) is 11.5. The molecule has 0 aromatic carbocycles. The minimum absolute atomic E-state index is 0.0424. The average Bonchev–Trinajstić information content (AvgIpc) is 3.24. The van der Waals surface area contributed by atoms with Crippen LogP contribution in [0.1, 0.15) is 50.5 Å². The molecule has 3 rings (SSSR count). The molecule has 130 valence electrons. The summed E-state index contributed by atoms with van der Waals surface area (Å²) < 4.78 is 7.94. The minimum Gasteiger partial charge on any atom is -0.443 e. The number of nitrogens with zero attached hydrogens (tertiary/aromatic N) is 5. The molecule has 1 aliphatic heterocycles. The molecule has 0 atom stereocenters. The highest BCUT2D eigenvalue weighted by molar-refractivity contribution is 5.79. The molecule has 0 saturated heterocycles. The van der Waals surface area contributed by atoms with E-state index in [1.807, 2.05) is 0 Å². The van der Waals surface area contributed by atoms with Crippen molar-refractivity contribution in [3.05, 3.63) is 29.5 Å². The number of rotatable bonds is 4. The Balaban J connectivity index is 1.53. The van der Waals surface area contributed by atoms with Gasteiger partial charge in [-0.2, -0.15) is 0 Å². The number of hydrogen-bond acceptors (Lipinski definition) is 5. The van der Waals surface area contributed by atoms with Crippen LogP contribution >= 0.6 is 0 Å². The second kappa shape index (κ2) is 6.62. The van der Waals surface area contributed by atoms with Gasteiger partial charge in [-0.1, -0.05) is 20.8 Å². The van der Waals surface area contributed by atoms with Gasteiger partial charge in [0.2, 0.25) is 5.89 Å². The van der Waals surface area contributed by atoms with Crippen molar-refractivity contribution in [2.45, 2.75) is 58.7 Å². The number of hydrogen-bond donors (Lipinski definition) is 2. The van der Waals surface area contributed by atoms with E-state index in [4.69, 9.17) is 4.42 Å². The standard InChI is InChI=1S/C16H25N7O/c1-16(2,3)11-8-18-14(24-11)10-20-15(17-4)19-9-13-22-21-12-6-5-7-23(12)13/h8H,5-7,9-10H2,1-4H3,(H2,17,19,20). The average molecular weight is 331 g/mol. The maximum atomic E-state index is 5.77. The molecule has 2 aromatic heterocycles. The highest BCUT2D eigenvalue weighted by atomic mass is 16.4. The van der Waals surface area contributed by atoms with Gasteiger partial charge in [0, 0.05) is 25.4 Å². The van der Waals surface area contributed by atoms with Crippen LogP contribution in [0.5, 0.6) is 0 Å². The van der Waals surface area contributed by atoms with Crippen LogP contribution in [-0.2, 0) is 31.5 Å². The molecule has 0 fully saturated rings. The van der Waals surface area contributed by atoms with Crippen LogP contribution in [0.4, 0.5) is 0 Å². The maximum Gasteiger partial charge on any atom is 0.213 e. The number of nitrogens with one attached hydrogen (secondary N) is 2. The van der Waals surface area contributed by atoms with Crippen molar-refractivity contribution < 1.29 is 4.42 Å². The van der Waals surface area contributed by atoms with Gasteiger partial charge in [-0.3, -0.25) is 4.99 Å². The van der Waals surface area contributed by atoms with Crippen molar-refractivity contribution in [2.75, 3.05) is 7.05 Å². The van der Waals surface area contributed by atoms with E-state index in [1.54, 1.807) is 13.2 Å². The summed E-state index contributed by atoms with van der Waals surface area (Å²) in [4.78, 5) is 8.53. The monoisotopic (exact) mass is 331 g/mol. The van der Waals surface area contributed by atoms with Gasteiger partial charge in [0.05, 0.1) is 19.3 Å². The molecule has 2 N–H and O–H groups in total. The van der Waals surface area contributed by atoms with Crippen LogP contribution < -0.4 is 10.6 Å². The van der Waals surface area contributed by atoms with Gasteiger partial charge in [0.25, 0.3) is 0 Å². The second-order valence-corrected chi connectivity index (χ2v) is 6.94. The van der Waals surface area contributed by atoms with Crippen molar-refractivity contribution in [1.82, 2.24) is 30.4 Å². The lowest BCUT2D eigenvalue weighted by molar-refractivity contribution is 0.379. The highest BCUT2D eigenvalue weighted by Crippen LogP contribution is 2.22. The topological polar surface area (TPSA) is 93.2 Å². The van der Waals surface area contributed by atoms with Crippen molar-refractivity contribution in [3.63, 3.8) is 0 Å². The van der Waals surface area contributed by atoms with Gasteiger partial charge in [0.15, 0.2) is 11.8 Å². The Morgan fingerprint density at radius 2 is 2.08 bits per heavy atom. The number of fused-ring (bicyclic) bond motifs is 1. The number of aliphatic imine (C=N–C) groups is 1. The highest BCUT2D eigenvalue weighted by Gasteiger charge is 2.19. The van der Waals surface area contributed by atoms with E-state index in [-0.39, 0.29) is 5.41 Å². The second-order valence-electron chi connectivity index (χ2n) is 6.94. The molecule has 0 amide bonds. The van der Waals surface area contributed by atoms with E-state index < -0.39 is 0 Å². The molecule has 0 aliphatic carbocycles. The lowest BCUT2D eigenvalue weighted by atomic mass is 9.94. The Kier molecular flexibility index (Phi) is 4.55. The fourth-order valence-corrected chi connectivity index (χ4v) is 2.62. The summed E-state index contributed by atoms with van der Waals surface area (Å²) in [6.07, 6.45) is 3.94. The Morgan fingerprint density at radius 1 is 1.29 bits per heavy atom. The molecule has 0 spiro atoms. The van der Waals surface area contributed by atoms with Crippen LogP contribution in [0, 0.1) is 0 Å². The molecule has 8 nitrogen and oxygen atoms in total. The van der Waals surface area contributed by atoms with Crippen molar-refractivity contribution in [3.8, 4) is 0 Å². The fraction of sp³-hybridized carbons (Fsp3) is 0.625. The van der Waals surface area contributed by atoms with Crippen LogP contribution in [0.2, 0.25) is 0 Å². The summed E-state index contributed by atoms with van der Waals surface area (Å²) in [5.41, 5.74) is -0.0424. The van der Waals surface area contributed by atoms with Crippen LogP contribution in [-0.4, -0.2) is 32.8 Å².